The van der Waals surface area contributed by atoms with Crippen molar-refractivity contribution in [3.05, 3.63) is 67.3 Å². The van der Waals surface area contributed by atoms with Gasteiger partial charge in [-0.2, -0.15) is 0 Å². The number of unbranched alkanes of at least 4 members (excludes halogenated alkanes) is 13. The Labute approximate surface area is 234 Å². The maximum absolute atomic E-state index is 13.0. The smallest absolute Gasteiger partial charge is 0.339 e. The third-order valence-electron chi connectivity index (χ3n) is 7.38. The van der Waals surface area contributed by atoms with Crippen molar-refractivity contribution in [2.45, 2.75) is 96.8 Å². The fourth-order valence-corrected chi connectivity index (χ4v) is 5.22. The first-order chi connectivity index (χ1) is 19.4. The molecule has 0 heterocycles. The van der Waals surface area contributed by atoms with Gasteiger partial charge in [0, 0.05) is 41.0 Å². The molecule has 1 N–H and O–H groups in total. The number of benzene rings is 2. The molecule has 0 saturated heterocycles. The Morgan fingerprint density at radius 3 is 1.80 bits per heavy atom. The fraction of sp³-hybridized carbons (Fsp3) is 0.533. The summed E-state index contributed by atoms with van der Waals surface area (Å²) in [6, 6.07) is 6.27. The van der Waals surface area contributed by atoms with Crippen LogP contribution in [0.15, 0.2) is 35.5 Å². The van der Waals surface area contributed by atoms with Gasteiger partial charge in [0.05, 0.1) is 22.0 Å². The Bertz CT molecular complexity index is 1230. The average molecular weight is 554 g/mol. The molecule has 0 spiro atoms. The first kappa shape index (κ1) is 30.7. The molecule has 0 fully saturated rings. The molecule has 0 amide bonds. The van der Waals surface area contributed by atoms with Crippen molar-refractivity contribution >= 4 is 23.1 Å². The number of hydrogen-bond donors (Lipinski definition) is 1. The predicted octanol–water partition coefficient (Wildman–Crippen LogP) is 8.35. The van der Waals surface area contributed by atoms with Gasteiger partial charge in [0.1, 0.15) is 5.71 Å². The highest BCUT2D eigenvalue weighted by molar-refractivity contribution is 6.27. The second-order valence-electron chi connectivity index (χ2n) is 10.3. The number of oxime groups is 1. The van der Waals surface area contributed by atoms with Gasteiger partial charge in [-0.3, -0.25) is 20.2 Å². The number of rotatable bonds is 18. The molecule has 0 saturated carbocycles. The summed E-state index contributed by atoms with van der Waals surface area (Å²) in [5.74, 6) is -0.724. The van der Waals surface area contributed by atoms with Gasteiger partial charge in [0.25, 0.3) is 11.4 Å². The maximum Gasteiger partial charge on any atom is 0.339 e. The Kier molecular flexibility index (Phi) is 12.0. The number of carbonyl (C=O) groups is 1. The quantitative estimate of drug-likeness (QED) is 0.0547. The van der Waals surface area contributed by atoms with Crippen molar-refractivity contribution in [3.8, 4) is 11.1 Å². The van der Waals surface area contributed by atoms with E-state index in [1.165, 1.54) is 88.5 Å². The van der Waals surface area contributed by atoms with Crippen LogP contribution in [0.3, 0.4) is 0 Å². The fourth-order valence-electron chi connectivity index (χ4n) is 5.22. The molecule has 0 radical (unpaired) electrons. The topological polar surface area (TPSA) is 145 Å². The van der Waals surface area contributed by atoms with E-state index in [1.54, 1.807) is 0 Å². The molecular weight excluding hydrogens is 514 g/mol. The molecule has 1 aliphatic rings. The Balaban J connectivity index is 1.50. The van der Waals surface area contributed by atoms with Crippen LogP contribution in [0.5, 0.6) is 0 Å². The molecule has 2 aromatic rings. The average Bonchev–Trinajstić information content (AvgIpc) is 3.27. The number of nitro groups is 2. The maximum atomic E-state index is 13.0. The minimum atomic E-state index is -0.724. The summed E-state index contributed by atoms with van der Waals surface area (Å²) in [7, 11) is 0. The highest BCUT2D eigenvalue weighted by atomic mass is 16.6. The zero-order valence-electron chi connectivity index (χ0n) is 23.2. The number of nitrogens with zero attached hydrogens (tertiary/aromatic N) is 3. The van der Waals surface area contributed by atoms with E-state index in [-0.39, 0.29) is 40.4 Å². The van der Waals surface area contributed by atoms with Crippen LogP contribution < -0.4 is 0 Å². The van der Waals surface area contributed by atoms with E-state index in [9.17, 15) is 30.2 Å². The molecule has 216 valence electrons. The van der Waals surface area contributed by atoms with E-state index in [0.29, 0.717) is 17.5 Å². The first-order valence-corrected chi connectivity index (χ1v) is 14.4. The highest BCUT2D eigenvalue weighted by Gasteiger charge is 2.34. The summed E-state index contributed by atoms with van der Waals surface area (Å²) in [6.07, 6.45) is 16.9. The van der Waals surface area contributed by atoms with Crippen LogP contribution >= 0.6 is 0 Å². The molecule has 0 bridgehead atoms. The van der Waals surface area contributed by atoms with E-state index in [2.05, 4.69) is 12.1 Å². The summed E-state index contributed by atoms with van der Waals surface area (Å²) in [6.45, 7) is 2.42. The predicted molar refractivity (Wildman–Crippen MR) is 153 cm³/mol. The summed E-state index contributed by atoms with van der Waals surface area (Å²) in [5, 5.41) is 35.7. The Morgan fingerprint density at radius 2 is 1.27 bits per heavy atom. The van der Waals surface area contributed by atoms with Crippen LogP contribution in [0.1, 0.15) is 118 Å². The lowest BCUT2D eigenvalue weighted by Crippen LogP contribution is -2.10. The third-order valence-corrected chi connectivity index (χ3v) is 7.38. The largest absolute Gasteiger partial charge is 0.462 e. The molecule has 2 aromatic carbocycles. The summed E-state index contributed by atoms with van der Waals surface area (Å²) < 4.78 is 5.47. The van der Waals surface area contributed by atoms with E-state index in [1.807, 2.05) is 0 Å². The summed E-state index contributed by atoms with van der Waals surface area (Å²) >= 11 is 0. The molecule has 0 aliphatic heterocycles. The zero-order chi connectivity index (χ0) is 28.9. The van der Waals surface area contributed by atoms with Crippen LogP contribution in [-0.2, 0) is 4.74 Å². The monoisotopic (exact) mass is 553 g/mol. The zero-order valence-corrected chi connectivity index (χ0v) is 23.2. The summed E-state index contributed by atoms with van der Waals surface area (Å²) in [4.78, 5) is 34.6. The second-order valence-corrected chi connectivity index (χ2v) is 10.3. The molecular formula is C30H39N3O7. The second kappa shape index (κ2) is 15.7. The van der Waals surface area contributed by atoms with E-state index >= 15 is 0 Å². The van der Waals surface area contributed by atoms with E-state index < -0.39 is 15.8 Å². The van der Waals surface area contributed by atoms with Crippen LogP contribution in [0.4, 0.5) is 11.4 Å². The van der Waals surface area contributed by atoms with Gasteiger partial charge in [-0.05, 0) is 18.1 Å². The van der Waals surface area contributed by atoms with Crippen LogP contribution in [-0.4, -0.2) is 33.3 Å². The van der Waals surface area contributed by atoms with Crippen molar-refractivity contribution in [2.75, 3.05) is 6.61 Å². The number of esters is 1. The third kappa shape index (κ3) is 8.09. The molecule has 40 heavy (non-hydrogen) atoms. The van der Waals surface area contributed by atoms with Crippen molar-refractivity contribution in [3.63, 3.8) is 0 Å². The number of non-ortho nitro benzene ring substituents is 2. The molecule has 10 nitrogen and oxygen atoms in total. The normalized spacial score (nSPS) is 12.8. The van der Waals surface area contributed by atoms with Crippen molar-refractivity contribution in [2.24, 2.45) is 5.16 Å². The van der Waals surface area contributed by atoms with Gasteiger partial charge in [-0.15, -0.1) is 0 Å². The molecule has 0 aromatic heterocycles. The lowest BCUT2D eigenvalue weighted by Gasteiger charge is -2.10. The number of nitro benzene ring substituents is 2. The number of ether oxygens (including phenoxy) is 1. The molecule has 3 rings (SSSR count). The van der Waals surface area contributed by atoms with E-state index in [4.69, 9.17) is 4.74 Å². The lowest BCUT2D eigenvalue weighted by atomic mass is 9.98. The minimum Gasteiger partial charge on any atom is -0.462 e. The van der Waals surface area contributed by atoms with Crippen LogP contribution in [0.25, 0.3) is 11.1 Å². The first-order valence-electron chi connectivity index (χ1n) is 14.4. The molecule has 0 unspecified atom stereocenters. The van der Waals surface area contributed by atoms with Gasteiger partial charge in [-0.25, -0.2) is 4.79 Å². The van der Waals surface area contributed by atoms with Gasteiger partial charge in [0.2, 0.25) is 0 Å². The number of carbonyl (C=O) groups excluding carboxylic acids is 1. The van der Waals surface area contributed by atoms with Crippen molar-refractivity contribution in [1.82, 2.24) is 0 Å². The Morgan fingerprint density at radius 1 is 0.750 bits per heavy atom. The van der Waals surface area contributed by atoms with Crippen LogP contribution in [0, 0.1) is 20.2 Å². The SMILES string of the molecule is CCCCCCCCCCCCCCCCOC(=O)c1cc([N+](=O)[O-])cc2c1-c1ccc([N+](=O)[O-])cc1/C2=N\O. The summed E-state index contributed by atoms with van der Waals surface area (Å²) in [5.41, 5.74) is 0.362. The molecule has 1 aliphatic carbocycles. The van der Waals surface area contributed by atoms with Gasteiger partial charge in [0.15, 0.2) is 0 Å². The van der Waals surface area contributed by atoms with Crippen molar-refractivity contribution in [1.29, 1.82) is 0 Å². The standard InChI is InChI=1S/C30H39N3O7/c1-2-3-4-5-6-7-8-9-10-11-12-13-14-15-18-40-30(34)27-21-23(33(38)39)20-26-28(27)24-17-16-22(32(36)37)19-25(24)29(26)31-35/h16-17,19-21,35H,2-15,18H2,1H3/b31-29+. The van der Waals surface area contributed by atoms with Gasteiger partial charge in [-0.1, -0.05) is 95.6 Å². The Hall–Kier alpha value is -3.82. The van der Waals surface area contributed by atoms with E-state index in [0.717, 1.165) is 25.3 Å². The molecule has 10 heteroatoms. The number of fused-ring (bicyclic) bond motifs is 3. The lowest BCUT2D eigenvalue weighted by molar-refractivity contribution is -0.385. The molecule has 0 atom stereocenters. The van der Waals surface area contributed by atoms with Gasteiger partial charge >= 0.3 is 5.97 Å². The minimum absolute atomic E-state index is 0.0386. The van der Waals surface area contributed by atoms with Gasteiger partial charge < -0.3 is 9.94 Å². The highest BCUT2D eigenvalue weighted by Crippen LogP contribution is 2.43. The van der Waals surface area contributed by atoms with Crippen LogP contribution in [0.2, 0.25) is 0 Å². The number of hydrogen-bond acceptors (Lipinski definition) is 8. The van der Waals surface area contributed by atoms with Crippen molar-refractivity contribution < 1.29 is 24.6 Å².